The van der Waals surface area contributed by atoms with Gasteiger partial charge in [-0.05, 0) is 24.5 Å². The molecule has 0 aliphatic rings. The van der Waals surface area contributed by atoms with Crippen LogP contribution < -0.4 is 0 Å². The number of carbonyl (C=O) groups excluding carboxylic acids is 1. The number of esters is 1. The summed E-state index contributed by atoms with van der Waals surface area (Å²) in [5, 5.41) is 10.5. The average Bonchev–Trinajstić information content (AvgIpc) is 2.35. The van der Waals surface area contributed by atoms with E-state index < -0.39 is 16.7 Å². The van der Waals surface area contributed by atoms with Crippen molar-refractivity contribution in [2.45, 2.75) is 12.8 Å². The summed E-state index contributed by atoms with van der Waals surface area (Å²) in [6.45, 7) is 0. The quantitative estimate of drug-likeness (QED) is 0.349. The van der Waals surface area contributed by atoms with Crippen LogP contribution in [0.2, 0.25) is 0 Å². The van der Waals surface area contributed by atoms with E-state index in [0.29, 0.717) is 6.42 Å². The highest BCUT2D eigenvalue weighted by Gasteiger charge is 2.09. The summed E-state index contributed by atoms with van der Waals surface area (Å²) in [6.07, 6.45) is 3.44. The number of hydrogen-bond donors (Lipinski definition) is 0. The van der Waals surface area contributed by atoms with Crippen LogP contribution in [-0.2, 0) is 16.0 Å². The molecule has 0 fully saturated rings. The maximum absolute atomic E-state index is 13.3. The predicted octanol–water partition coefficient (Wildman–Crippen LogP) is 2.40. The van der Waals surface area contributed by atoms with Crippen molar-refractivity contribution in [3.05, 3.63) is 51.8 Å². The normalized spacial score (nSPS) is 10.6. The van der Waals surface area contributed by atoms with Gasteiger partial charge < -0.3 is 4.74 Å². The van der Waals surface area contributed by atoms with Crippen LogP contribution in [0.25, 0.3) is 0 Å². The lowest BCUT2D eigenvalue weighted by Crippen LogP contribution is -1.96. The summed E-state index contributed by atoms with van der Waals surface area (Å²) < 4.78 is 17.7. The molecule has 18 heavy (non-hydrogen) atoms. The monoisotopic (exact) mass is 253 g/mol. The zero-order valence-corrected chi connectivity index (χ0v) is 9.76. The van der Waals surface area contributed by atoms with Gasteiger partial charge in [0.1, 0.15) is 5.82 Å². The number of non-ortho nitro benzene ring substituents is 1. The van der Waals surface area contributed by atoms with Gasteiger partial charge >= 0.3 is 5.97 Å². The van der Waals surface area contributed by atoms with Crippen molar-refractivity contribution < 1.29 is 18.8 Å². The maximum atomic E-state index is 13.3. The lowest BCUT2D eigenvalue weighted by molar-refractivity contribution is -0.385. The standard InChI is InChI=1S/C12H12FNO4/c1-18-12(15)5-3-2-4-9-8-10(14(16)17)6-7-11(9)13/h3,5-8H,2,4H2,1H3/b5-3+. The van der Waals surface area contributed by atoms with Crippen LogP contribution in [0.4, 0.5) is 10.1 Å². The van der Waals surface area contributed by atoms with Gasteiger partial charge in [-0.3, -0.25) is 10.1 Å². The zero-order chi connectivity index (χ0) is 13.5. The number of nitrogens with zero attached hydrogens (tertiary/aromatic N) is 1. The molecule has 0 bridgehead atoms. The molecule has 0 aliphatic heterocycles. The first kappa shape index (κ1) is 13.8. The number of allylic oxidation sites excluding steroid dienone is 1. The first-order chi connectivity index (χ1) is 8.54. The third-order valence-corrected chi connectivity index (χ3v) is 2.28. The van der Waals surface area contributed by atoms with Crippen LogP contribution in [0.15, 0.2) is 30.4 Å². The molecule has 0 atom stereocenters. The summed E-state index contributed by atoms with van der Waals surface area (Å²) >= 11 is 0. The molecule has 0 amide bonds. The number of nitro groups is 1. The van der Waals surface area contributed by atoms with E-state index in [2.05, 4.69) is 4.74 Å². The van der Waals surface area contributed by atoms with Gasteiger partial charge in [-0.2, -0.15) is 0 Å². The Hall–Kier alpha value is -2.24. The molecular weight excluding hydrogens is 241 g/mol. The number of aryl methyl sites for hydroxylation is 1. The van der Waals surface area contributed by atoms with E-state index in [-0.39, 0.29) is 17.7 Å². The number of halogens is 1. The Balaban J connectivity index is 2.67. The van der Waals surface area contributed by atoms with Crippen LogP contribution in [-0.4, -0.2) is 18.0 Å². The number of hydrogen-bond acceptors (Lipinski definition) is 4. The highest BCUT2D eigenvalue weighted by Crippen LogP contribution is 2.18. The van der Waals surface area contributed by atoms with Gasteiger partial charge in [0.2, 0.25) is 0 Å². The number of benzene rings is 1. The summed E-state index contributed by atoms with van der Waals surface area (Å²) in [7, 11) is 1.26. The fourth-order valence-corrected chi connectivity index (χ4v) is 1.35. The Morgan fingerprint density at radius 3 is 2.89 bits per heavy atom. The second-order valence-corrected chi connectivity index (χ2v) is 3.50. The van der Waals surface area contributed by atoms with Gasteiger partial charge in [0.25, 0.3) is 5.69 Å². The Morgan fingerprint density at radius 2 is 2.28 bits per heavy atom. The third kappa shape index (κ3) is 3.97. The van der Waals surface area contributed by atoms with E-state index in [1.54, 1.807) is 0 Å². The SMILES string of the molecule is COC(=O)/C=C/CCc1cc([N+](=O)[O-])ccc1F. The molecule has 1 aromatic carbocycles. The molecule has 0 heterocycles. The number of rotatable bonds is 5. The highest BCUT2D eigenvalue weighted by molar-refractivity contribution is 5.81. The maximum Gasteiger partial charge on any atom is 0.330 e. The molecule has 0 N–H and O–H groups in total. The van der Waals surface area contributed by atoms with Crippen molar-refractivity contribution in [3.8, 4) is 0 Å². The number of carbonyl (C=O) groups is 1. The zero-order valence-electron chi connectivity index (χ0n) is 9.76. The van der Waals surface area contributed by atoms with Crippen molar-refractivity contribution >= 4 is 11.7 Å². The first-order valence-electron chi connectivity index (χ1n) is 5.22. The lowest BCUT2D eigenvalue weighted by atomic mass is 10.1. The Kier molecular flexibility index (Phi) is 4.98. The Labute approximate surface area is 103 Å². The average molecular weight is 253 g/mol. The Bertz CT molecular complexity index is 485. The van der Waals surface area contributed by atoms with Gasteiger partial charge in [0.05, 0.1) is 12.0 Å². The molecule has 5 nitrogen and oxygen atoms in total. The van der Waals surface area contributed by atoms with Crippen molar-refractivity contribution in [1.82, 2.24) is 0 Å². The Morgan fingerprint density at radius 1 is 1.56 bits per heavy atom. The molecule has 0 saturated carbocycles. The molecule has 1 rings (SSSR count). The molecule has 0 radical (unpaired) electrons. The molecule has 96 valence electrons. The second-order valence-electron chi connectivity index (χ2n) is 3.50. The molecule has 0 spiro atoms. The van der Waals surface area contributed by atoms with Crippen LogP contribution >= 0.6 is 0 Å². The lowest BCUT2D eigenvalue weighted by Gasteiger charge is -2.00. The van der Waals surface area contributed by atoms with Crippen molar-refractivity contribution in [2.24, 2.45) is 0 Å². The van der Waals surface area contributed by atoms with Crippen LogP contribution in [0.5, 0.6) is 0 Å². The molecule has 6 heteroatoms. The van der Waals surface area contributed by atoms with Crippen molar-refractivity contribution in [1.29, 1.82) is 0 Å². The largest absolute Gasteiger partial charge is 0.466 e. The van der Waals surface area contributed by atoms with Gasteiger partial charge in [0.15, 0.2) is 0 Å². The van der Waals surface area contributed by atoms with Gasteiger partial charge in [-0.1, -0.05) is 6.08 Å². The van der Waals surface area contributed by atoms with E-state index >= 15 is 0 Å². The number of methoxy groups -OCH3 is 1. The highest BCUT2D eigenvalue weighted by atomic mass is 19.1. The first-order valence-corrected chi connectivity index (χ1v) is 5.22. The van der Waals surface area contributed by atoms with E-state index in [4.69, 9.17) is 0 Å². The van der Waals surface area contributed by atoms with E-state index in [1.165, 1.54) is 25.3 Å². The summed E-state index contributed by atoms with van der Waals surface area (Å²) in [5.41, 5.74) is 0.0991. The van der Waals surface area contributed by atoms with Crippen molar-refractivity contribution in [3.63, 3.8) is 0 Å². The minimum Gasteiger partial charge on any atom is -0.466 e. The molecular formula is C12H12FNO4. The van der Waals surface area contributed by atoms with E-state index in [1.807, 2.05) is 0 Å². The second kappa shape index (κ2) is 6.48. The summed E-state index contributed by atoms with van der Waals surface area (Å²) in [4.78, 5) is 20.7. The fraction of sp³-hybridized carbons (Fsp3) is 0.250. The molecule has 1 aromatic rings. The van der Waals surface area contributed by atoms with E-state index in [9.17, 15) is 19.3 Å². The van der Waals surface area contributed by atoms with Crippen LogP contribution in [0.3, 0.4) is 0 Å². The van der Waals surface area contributed by atoms with Gasteiger partial charge in [0, 0.05) is 18.2 Å². The van der Waals surface area contributed by atoms with Crippen LogP contribution in [0.1, 0.15) is 12.0 Å². The molecule has 0 aromatic heterocycles. The topological polar surface area (TPSA) is 69.4 Å². The van der Waals surface area contributed by atoms with Crippen molar-refractivity contribution in [2.75, 3.05) is 7.11 Å². The predicted molar refractivity (Wildman–Crippen MR) is 62.5 cm³/mol. The third-order valence-electron chi connectivity index (χ3n) is 2.28. The van der Waals surface area contributed by atoms with E-state index in [0.717, 1.165) is 12.1 Å². The van der Waals surface area contributed by atoms with Crippen LogP contribution in [0, 0.1) is 15.9 Å². The summed E-state index contributed by atoms with van der Waals surface area (Å²) in [5.74, 6) is -0.985. The number of nitro benzene ring substituents is 1. The number of ether oxygens (including phenoxy) is 1. The molecule has 0 saturated heterocycles. The van der Waals surface area contributed by atoms with Gasteiger partial charge in [-0.15, -0.1) is 0 Å². The van der Waals surface area contributed by atoms with Gasteiger partial charge in [-0.25, -0.2) is 9.18 Å². The fourth-order valence-electron chi connectivity index (χ4n) is 1.35. The minimum absolute atomic E-state index is 0.150. The molecule has 0 aliphatic carbocycles. The summed E-state index contributed by atoms with van der Waals surface area (Å²) in [6, 6.07) is 3.38. The molecule has 0 unspecified atom stereocenters. The minimum atomic E-state index is -0.576. The smallest absolute Gasteiger partial charge is 0.330 e.